The van der Waals surface area contributed by atoms with Crippen LogP contribution < -0.4 is 30.7 Å². The molecule has 3 N–H and O–H groups in total. The predicted octanol–water partition coefficient (Wildman–Crippen LogP) is 5.17. The van der Waals surface area contributed by atoms with Crippen LogP contribution in [0.2, 0.25) is 5.02 Å². The Labute approximate surface area is 226 Å². The Balaban J connectivity index is 1.60. The maximum absolute atomic E-state index is 13.2. The molecule has 0 spiro atoms. The third-order valence-electron chi connectivity index (χ3n) is 5.64. The normalized spacial score (nSPS) is 15.0. The van der Waals surface area contributed by atoms with Gasteiger partial charge in [-0.15, -0.1) is 0 Å². The van der Waals surface area contributed by atoms with Crippen molar-refractivity contribution in [3.8, 4) is 11.5 Å². The highest BCUT2D eigenvalue weighted by Crippen LogP contribution is 2.40. The second-order valence-corrected chi connectivity index (χ2v) is 12.5. The summed E-state index contributed by atoms with van der Waals surface area (Å²) in [6.45, 7) is 8.04. The van der Waals surface area contributed by atoms with Crippen LogP contribution in [-0.4, -0.2) is 55.6 Å². The molecule has 12 heteroatoms. The van der Waals surface area contributed by atoms with E-state index in [2.05, 4.69) is 32.5 Å². The topological polar surface area (TPSA) is 124 Å². The van der Waals surface area contributed by atoms with Crippen LogP contribution in [0.1, 0.15) is 6.42 Å². The van der Waals surface area contributed by atoms with Gasteiger partial charge in [0, 0.05) is 17.4 Å². The highest BCUT2D eigenvalue weighted by molar-refractivity contribution is 7.70. The average molecular weight is 558 g/mol. The maximum Gasteiger partial charge on any atom is 0.247 e. The van der Waals surface area contributed by atoms with Crippen molar-refractivity contribution >= 4 is 58.8 Å². The largest absolute Gasteiger partial charge is 0.495 e. The number of carbonyl (C=O) groups is 1. The number of benzene rings is 2. The second kappa shape index (κ2) is 11.9. The number of nitrogens with zero attached hydrogens (tertiary/aromatic N) is 2. The maximum atomic E-state index is 13.2. The van der Waals surface area contributed by atoms with Crippen LogP contribution >= 0.6 is 18.7 Å². The standard InChI is InChI=1S/C26H29ClN5O5P/c1-5-24(33)29-16-6-9-22(35-2)21(12-16)31-26-28-14-19(27)25(32-26)30-20-8-7-17(13-23(20)38(3,4)34)37-18-10-11-36-15-18/h5-9,12-14,18H,1,10-11,15H2,2-4H3,(H,29,33)(H2,28,30,31,32). The molecule has 4 rings (SSSR count). The van der Waals surface area contributed by atoms with Gasteiger partial charge in [0.1, 0.15) is 29.8 Å². The molecule has 0 radical (unpaired) electrons. The van der Waals surface area contributed by atoms with Crippen LogP contribution in [0, 0.1) is 0 Å². The summed E-state index contributed by atoms with van der Waals surface area (Å²) in [6.07, 6.45) is 3.41. The third kappa shape index (κ3) is 6.83. The summed E-state index contributed by atoms with van der Waals surface area (Å²) in [5, 5.41) is 9.86. The van der Waals surface area contributed by atoms with Crippen LogP contribution in [0.3, 0.4) is 0 Å². The first-order valence-corrected chi connectivity index (χ1v) is 14.8. The van der Waals surface area contributed by atoms with Gasteiger partial charge in [-0.2, -0.15) is 4.98 Å². The van der Waals surface area contributed by atoms with Gasteiger partial charge >= 0.3 is 0 Å². The van der Waals surface area contributed by atoms with Crippen molar-refractivity contribution < 1.29 is 23.6 Å². The summed E-state index contributed by atoms with van der Waals surface area (Å²) in [6, 6.07) is 10.5. The Morgan fingerprint density at radius 1 is 1.21 bits per heavy atom. The van der Waals surface area contributed by atoms with Gasteiger partial charge in [0.2, 0.25) is 11.9 Å². The van der Waals surface area contributed by atoms with Crippen LogP contribution in [0.5, 0.6) is 11.5 Å². The monoisotopic (exact) mass is 557 g/mol. The number of nitrogens with one attached hydrogen (secondary N) is 3. The van der Waals surface area contributed by atoms with Gasteiger partial charge < -0.3 is 34.7 Å². The number of carbonyl (C=O) groups excluding carboxylic acids is 1. The minimum atomic E-state index is -2.71. The molecular formula is C26H29ClN5O5P. The van der Waals surface area contributed by atoms with Gasteiger partial charge in [-0.05, 0) is 55.8 Å². The van der Waals surface area contributed by atoms with Gasteiger partial charge in [0.25, 0.3) is 0 Å². The fourth-order valence-corrected chi connectivity index (χ4v) is 5.06. The minimum Gasteiger partial charge on any atom is -0.495 e. The first-order chi connectivity index (χ1) is 18.2. The lowest BCUT2D eigenvalue weighted by Crippen LogP contribution is -2.18. The summed E-state index contributed by atoms with van der Waals surface area (Å²) in [5.41, 5.74) is 1.64. The first kappa shape index (κ1) is 27.4. The van der Waals surface area contributed by atoms with Crippen molar-refractivity contribution in [2.45, 2.75) is 12.5 Å². The molecule has 200 valence electrons. The predicted molar refractivity (Wildman–Crippen MR) is 151 cm³/mol. The van der Waals surface area contributed by atoms with Gasteiger partial charge in [-0.25, -0.2) is 4.98 Å². The summed E-state index contributed by atoms with van der Waals surface area (Å²) in [5.74, 6) is 1.33. The molecule has 10 nitrogen and oxygen atoms in total. The summed E-state index contributed by atoms with van der Waals surface area (Å²) < 4.78 is 30.0. The number of methoxy groups -OCH3 is 1. The van der Waals surface area contributed by atoms with Crippen LogP contribution in [0.4, 0.5) is 28.8 Å². The number of hydrogen-bond donors (Lipinski definition) is 3. The van der Waals surface area contributed by atoms with Crippen molar-refractivity contribution in [3.63, 3.8) is 0 Å². The zero-order valence-electron chi connectivity index (χ0n) is 21.3. The molecule has 38 heavy (non-hydrogen) atoms. The highest BCUT2D eigenvalue weighted by atomic mass is 35.5. The molecule has 0 aliphatic carbocycles. The Hall–Kier alpha value is -3.59. The molecule has 1 aliphatic heterocycles. The molecule has 2 aromatic carbocycles. The first-order valence-electron chi connectivity index (χ1n) is 11.8. The van der Waals surface area contributed by atoms with E-state index in [-0.39, 0.29) is 23.0 Å². The van der Waals surface area contributed by atoms with Gasteiger partial charge in [0.15, 0.2) is 5.82 Å². The SMILES string of the molecule is C=CC(=O)Nc1ccc(OC)c(Nc2ncc(Cl)c(Nc3ccc(OC4CCOC4)cc3P(C)(C)=O)n2)c1. The minimum absolute atomic E-state index is 0.0275. The lowest BCUT2D eigenvalue weighted by molar-refractivity contribution is -0.111. The van der Waals surface area contributed by atoms with Crippen molar-refractivity contribution in [2.75, 3.05) is 49.6 Å². The molecule has 1 saturated heterocycles. The fourth-order valence-electron chi connectivity index (χ4n) is 3.77. The molecule has 1 fully saturated rings. The number of ether oxygens (including phenoxy) is 3. The Morgan fingerprint density at radius 2 is 2.03 bits per heavy atom. The molecule has 1 aliphatic rings. The molecule has 1 unspecified atom stereocenters. The number of halogens is 1. The third-order valence-corrected chi connectivity index (χ3v) is 7.44. The molecule has 0 saturated carbocycles. The molecule has 1 amide bonds. The second-order valence-electron chi connectivity index (χ2n) is 8.88. The van der Waals surface area contributed by atoms with E-state index in [4.69, 9.17) is 25.8 Å². The molecule has 0 bridgehead atoms. The number of rotatable bonds is 10. The van der Waals surface area contributed by atoms with Crippen LogP contribution in [0.15, 0.2) is 55.3 Å². The van der Waals surface area contributed by atoms with Crippen LogP contribution in [0.25, 0.3) is 0 Å². The lowest BCUT2D eigenvalue weighted by atomic mass is 10.2. The van der Waals surface area contributed by atoms with E-state index in [1.807, 2.05) is 6.07 Å². The Kier molecular flexibility index (Phi) is 8.56. The van der Waals surface area contributed by atoms with Crippen LogP contribution in [-0.2, 0) is 14.1 Å². The highest BCUT2D eigenvalue weighted by Gasteiger charge is 2.22. The van der Waals surface area contributed by atoms with E-state index in [0.717, 1.165) is 6.42 Å². The molecular weight excluding hydrogens is 529 g/mol. The number of hydrogen-bond acceptors (Lipinski definition) is 9. The van der Waals surface area contributed by atoms with E-state index in [9.17, 15) is 9.36 Å². The van der Waals surface area contributed by atoms with E-state index in [1.165, 1.54) is 19.4 Å². The van der Waals surface area contributed by atoms with Crippen molar-refractivity contribution in [1.29, 1.82) is 0 Å². The molecule has 3 aromatic rings. The zero-order valence-corrected chi connectivity index (χ0v) is 22.9. The fraction of sp³-hybridized carbons (Fsp3) is 0.269. The van der Waals surface area contributed by atoms with Crippen molar-refractivity contribution in [2.24, 2.45) is 0 Å². The smallest absolute Gasteiger partial charge is 0.247 e. The zero-order chi connectivity index (χ0) is 27.3. The number of aromatic nitrogens is 2. The summed E-state index contributed by atoms with van der Waals surface area (Å²) >= 11 is 6.41. The van der Waals surface area contributed by atoms with Gasteiger partial charge in [0.05, 0.1) is 37.9 Å². The van der Waals surface area contributed by atoms with Crippen molar-refractivity contribution in [1.82, 2.24) is 9.97 Å². The molecule has 2 heterocycles. The Morgan fingerprint density at radius 3 is 2.71 bits per heavy atom. The average Bonchev–Trinajstić information content (AvgIpc) is 3.39. The Bertz CT molecular complexity index is 1390. The lowest BCUT2D eigenvalue weighted by Gasteiger charge is -2.19. The van der Waals surface area contributed by atoms with Gasteiger partial charge in [-0.1, -0.05) is 18.2 Å². The van der Waals surface area contributed by atoms with E-state index in [0.29, 0.717) is 52.9 Å². The van der Waals surface area contributed by atoms with E-state index >= 15 is 0 Å². The summed E-state index contributed by atoms with van der Waals surface area (Å²) in [7, 11) is -1.18. The molecule has 1 atom stereocenters. The van der Waals surface area contributed by atoms with E-state index < -0.39 is 7.14 Å². The number of amides is 1. The van der Waals surface area contributed by atoms with Gasteiger partial charge in [-0.3, -0.25) is 4.79 Å². The quantitative estimate of drug-likeness (QED) is 0.229. The molecule has 1 aromatic heterocycles. The number of anilines is 5. The summed E-state index contributed by atoms with van der Waals surface area (Å²) in [4.78, 5) is 20.5. The van der Waals surface area contributed by atoms with Crippen molar-refractivity contribution in [3.05, 3.63) is 60.3 Å². The van der Waals surface area contributed by atoms with E-state index in [1.54, 1.807) is 43.7 Å².